The summed E-state index contributed by atoms with van der Waals surface area (Å²) in [6.07, 6.45) is 10.9. The number of rotatable bonds is 5. The predicted octanol–water partition coefficient (Wildman–Crippen LogP) is 2.12. The Morgan fingerprint density at radius 2 is 1.61 bits per heavy atom. The molecule has 0 aromatic carbocycles. The molecule has 2 atom stereocenters. The average Bonchev–Trinajstić information content (AvgIpc) is 3.16. The highest BCUT2D eigenvalue weighted by atomic mass is 32.2. The third-order valence-corrected chi connectivity index (χ3v) is 6.56. The normalized spacial score (nSPS) is 33.9. The van der Waals surface area contributed by atoms with Crippen LogP contribution in [-0.2, 0) is 9.84 Å². The van der Waals surface area contributed by atoms with Crippen molar-refractivity contribution in [3.8, 4) is 0 Å². The molecule has 3 saturated carbocycles. The predicted molar refractivity (Wildman–Crippen MR) is 73.3 cm³/mol. The molecule has 3 rings (SSSR count). The summed E-state index contributed by atoms with van der Waals surface area (Å²) in [5.41, 5.74) is 0. The first-order chi connectivity index (χ1) is 8.54. The number of hydrogen-bond acceptors (Lipinski definition) is 3. The van der Waals surface area contributed by atoms with Crippen LogP contribution in [0.4, 0.5) is 0 Å². The van der Waals surface area contributed by atoms with Crippen molar-refractivity contribution < 1.29 is 8.42 Å². The minimum Gasteiger partial charge on any atom is -0.311 e. The van der Waals surface area contributed by atoms with Crippen molar-refractivity contribution in [3.05, 3.63) is 0 Å². The van der Waals surface area contributed by atoms with Gasteiger partial charge in [0.05, 0.1) is 5.25 Å². The van der Waals surface area contributed by atoms with Gasteiger partial charge in [-0.2, -0.15) is 0 Å². The van der Waals surface area contributed by atoms with E-state index in [1.165, 1.54) is 38.4 Å². The Kier molecular flexibility index (Phi) is 3.43. The zero-order valence-electron chi connectivity index (χ0n) is 11.3. The SMILES string of the molecule is CS(=O)(=O)C1CCCC(NC(C2CC2)C2CC2)C1. The third-order valence-electron chi connectivity index (χ3n) is 4.92. The van der Waals surface area contributed by atoms with Gasteiger partial charge in [0.1, 0.15) is 9.84 Å². The van der Waals surface area contributed by atoms with Gasteiger partial charge in [0.2, 0.25) is 0 Å². The van der Waals surface area contributed by atoms with Crippen LogP contribution in [0.25, 0.3) is 0 Å². The fourth-order valence-electron chi connectivity index (χ4n) is 3.53. The van der Waals surface area contributed by atoms with Gasteiger partial charge in [-0.15, -0.1) is 0 Å². The zero-order valence-corrected chi connectivity index (χ0v) is 12.1. The maximum Gasteiger partial charge on any atom is 0.150 e. The first-order valence-electron chi connectivity index (χ1n) is 7.49. The maximum absolute atomic E-state index is 11.7. The van der Waals surface area contributed by atoms with Gasteiger partial charge in [0.25, 0.3) is 0 Å². The van der Waals surface area contributed by atoms with Crippen LogP contribution in [0.3, 0.4) is 0 Å². The van der Waals surface area contributed by atoms with Gasteiger partial charge in [0.15, 0.2) is 0 Å². The standard InChI is InChI=1S/C14H25NO2S/c1-18(16,17)13-4-2-3-12(9-13)15-14(10-5-6-10)11-7-8-11/h10-15H,2-9H2,1H3. The minimum atomic E-state index is -2.84. The molecule has 4 heteroatoms. The summed E-state index contributed by atoms with van der Waals surface area (Å²) in [6.45, 7) is 0. The largest absolute Gasteiger partial charge is 0.311 e. The topological polar surface area (TPSA) is 46.2 Å². The molecule has 0 saturated heterocycles. The molecule has 3 aliphatic carbocycles. The van der Waals surface area contributed by atoms with Crippen LogP contribution in [0, 0.1) is 11.8 Å². The van der Waals surface area contributed by atoms with Gasteiger partial charge < -0.3 is 5.32 Å². The highest BCUT2D eigenvalue weighted by Crippen LogP contribution is 2.45. The van der Waals surface area contributed by atoms with E-state index in [1.54, 1.807) is 0 Å². The molecule has 0 aliphatic heterocycles. The Morgan fingerprint density at radius 3 is 2.11 bits per heavy atom. The Hall–Kier alpha value is -0.0900. The molecule has 104 valence electrons. The Balaban J connectivity index is 1.58. The van der Waals surface area contributed by atoms with Crippen molar-refractivity contribution >= 4 is 9.84 Å². The first-order valence-corrected chi connectivity index (χ1v) is 9.44. The second kappa shape index (κ2) is 4.78. The van der Waals surface area contributed by atoms with Gasteiger partial charge in [0, 0.05) is 18.3 Å². The molecule has 0 bridgehead atoms. The second-order valence-corrected chi connectivity index (χ2v) is 9.01. The third kappa shape index (κ3) is 3.08. The summed E-state index contributed by atoms with van der Waals surface area (Å²) >= 11 is 0. The van der Waals surface area contributed by atoms with Crippen LogP contribution in [0.2, 0.25) is 0 Å². The summed E-state index contributed by atoms with van der Waals surface area (Å²) in [7, 11) is -2.84. The molecular formula is C14H25NO2S. The number of nitrogens with one attached hydrogen (secondary N) is 1. The highest BCUT2D eigenvalue weighted by Gasteiger charge is 2.42. The van der Waals surface area contributed by atoms with Gasteiger partial charge in [-0.1, -0.05) is 6.42 Å². The highest BCUT2D eigenvalue weighted by molar-refractivity contribution is 7.91. The van der Waals surface area contributed by atoms with Crippen molar-refractivity contribution in [3.63, 3.8) is 0 Å². The lowest BCUT2D eigenvalue weighted by Crippen LogP contribution is -2.45. The molecule has 0 spiro atoms. The van der Waals surface area contributed by atoms with Crippen LogP contribution < -0.4 is 5.32 Å². The van der Waals surface area contributed by atoms with Crippen molar-refractivity contribution in [1.82, 2.24) is 5.32 Å². The first kappa shape index (κ1) is 12.9. The van der Waals surface area contributed by atoms with E-state index in [-0.39, 0.29) is 5.25 Å². The molecule has 0 radical (unpaired) electrons. The van der Waals surface area contributed by atoms with E-state index in [0.717, 1.165) is 31.1 Å². The summed E-state index contributed by atoms with van der Waals surface area (Å²) in [4.78, 5) is 0. The van der Waals surface area contributed by atoms with Crippen molar-refractivity contribution in [1.29, 1.82) is 0 Å². The van der Waals surface area contributed by atoms with E-state index in [0.29, 0.717) is 12.1 Å². The quantitative estimate of drug-likeness (QED) is 0.833. The van der Waals surface area contributed by atoms with E-state index in [4.69, 9.17) is 0 Å². The van der Waals surface area contributed by atoms with E-state index < -0.39 is 9.84 Å². The van der Waals surface area contributed by atoms with Gasteiger partial charge in [-0.05, 0) is 56.8 Å². The van der Waals surface area contributed by atoms with Crippen LogP contribution in [-0.4, -0.2) is 32.0 Å². The molecule has 2 unspecified atom stereocenters. The van der Waals surface area contributed by atoms with Gasteiger partial charge >= 0.3 is 0 Å². The summed E-state index contributed by atoms with van der Waals surface area (Å²) in [5, 5.41) is 3.72. The zero-order chi connectivity index (χ0) is 12.8. The van der Waals surface area contributed by atoms with Crippen molar-refractivity contribution in [2.45, 2.75) is 68.7 Å². The van der Waals surface area contributed by atoms with Crippen molar-refractivity contribution in [2.24, 2.45) is 11.8 Å². The van der Waals surface area contributed by atoms with Crippen molar-refractivity contribution in [2.75, 3.05) is 6.26 Å². The Morgan fingerprint density at radius 1 is 1.00 bits per heavy atom. The Labute approximate surface area is 111 Å². The summed E-state index contributed by atoms with van der Waals surface area (Å²) in [5.74, 6) is 1.80. The number of sulfone groups is 1. The smallest absolute Gasteiger partial charge is 0.150 e. The molecular weight excluding hydrogens is 246 g/mol. The fraction of sp³-hybridized carbons (Fsp3) is 1.00. The average molecular weight is 271 g/mol. The molecule has 18 heavy (non-hydrogen) atoms. The van der Waals surface area contributed by atoms with Crippen LogP contribution in [0.5, 0.6) is 0 Å². The molecule has 1 N–H and O–H groups in total. The van der Waals surface area contributed by atoms with E-state index in [1.807, 2.05) is 0 Å². The number of hydrogen-bond donors (Lipinski definition) is 1. The second-order valence-electron chi connectivity index (χ2n) is 6.68. The molecule has 0 heterocycles. The van der Waals surface area contributed by atoms with Crippen LogP contribution >= 0.6 is 0 Å². The minimum absolute atomic E-state index is 0.0946. The fourth-order valence-corrected chi connectivity index (χ4v) is 4.70. The molecule has 3 aliphatic rings. The molecule has 0 amide bonds. The maximum atomic E-state index is 11.7. The molecule has 3 fully saturated rings. The van der Waals surface area contributed by atoms with Gasteiger partial charge in [-0.3, -0.25) is 0 Å². The Bertz CT molecular complexity index is 386. The summed E-state index contributed by atoms with van der Waals surface area (Å²) in [6, 6.07) is 1.15. The van der Waals surface area contributed by atoms with Crippen LogP contribution in [0.15, 0.2) is 0 Å². The summed E-state index contributed by atoms with van der Waals surface area (Å²) < 4.78 is 23.4. The van der Waals surface area contributed by atoms with E-state index in [2.05, 4.69) is 5.32 Å². The lowest BCUT2D eigenvalue weighted by Gasteiger charge is -2.32. The van der Waals surface area contributed by atoms with Gasteiger partial charge in [-0.25, -0.2) is 8.42 Å². The lowest BCUT2D eigenvalue weighted by molar-refractivity contribution is 0.302. The van der Waals surface area contributed by atoms with E-state index >= 15 is 0 Å². The molecule has 0 aromatic rings. The lowest BCUT2D eigenvalue weighted by atomic mass is 9.93. The molecule has 3 nitrogen and oxygen atoms in total. The monoisotopic (exact) mass is 271 g/mol. The van der Waals surface area contributed by atoms with Crippen LogP contribution in [0.1, 0.15) is 51.4 Å². The molecule has 0 aromatic heterocycles. The van der Waals surface area contributed by atoms with E-state index in [9.17, 15) is 8.42 Å².